The standard InChI is InChI=1S/C10H8F4O4/c1-18-10(17)9(16)8(15)5-6(13)3(11)2-4(12)7(5)14/h2,8-9,15-16H,1H3. The lowest BCUT2D eigenvalue weighted by atomic mass is 10.0. The number of aliphatic hydroxyl groups excluding tert-OH is 2. The third kappa shape index (κ3) is 2.44. The molecule has 0 heterocycles. The minimum Gasteiger partial charge on any atom is -0.467 e. The first-order valence-corrected chi connectivity index (χ1v) is 4.58. The maximum atomic E-state index is 13.2. The lowest BCUT2D eigenvalue weighted by Gasteiger charge is -2.17. The maximum Gasteiger partial charge on any atom is 0.337 e. The zero-order valence-electron chi connectivity index (χ0n) is 8.95. The summed E-state index contributed by atoms with van der Waals surface area (Å²) in [4.78, 5) is 10.9. The van der Waals surface area contributed by atoms with Crippen molar-refractivity contribution in [1.82, 2.24) is 0 Å². The molecule has 0 fully saturated rings. The fourth-order valence-corrected chi connectivity index (χ4v) is 1.26. The Balaban J connectivity index is 3.28. The largest absolute Gasteiger partial charge is 0.467 e. The minimum atomic E-state index is -2.50. The Morgan fingerprint density at radius 3 is 2.00 bits per heavy atom. The Morgan fingerprint density at radius 1 is 1.17 bits per heavy atom. The number of rotatable bonds is 3. The van der Waals surface area contributed by atoms with Crippen molar-refractivity contribution in [3.63, 3.8) is 0 Å². The van der Waals surface area contributed by atoms with Gasteiger partial charge in [0.25, 0.3) is 0 Å². The Hall–Kier alpha value is -1.67. The normalized spacial score (nSPS) is 14.2. The van der Waals surface area contributed by atoms with Gasteiger partial charge >= 0.3 is 5.97 Å². The van der Waals surface area contributed by atoms with Gasteiger partial charge < -0.3 is 14.9 Å². The van der Waals surface area contributed by atoms with Crippen molar-refractivity contribution < 1.29 is 37.3 Å². The average Bonchev–Trinajstić information content (AvgIpc) is 2.34. The van der Waals surface area contributed by atoms with E-state index < -0.39 is 47.0 Å². The molecule has 1 aromatic carbocycles. The summed E-state index contributed by atoms with van der Waals surface area (Å²) in [6.07, 6.45) is -4.87. The second-order valence-corrected chi connectivity index (χ2v) is 3.29. The fraction of sp³-hybridized carbons (Fsp3) is 0.300. The molecule has 0 aliphatic rings. The quantitative estimate of drug-likeness (QED) is 0.483. The number of aliphatic hydroxyl groups is 2. The van der Waals surface area contributed by atoms with Crippen LogP contribution < -0.4 is 0 Å². The van der Waals surface area contributed by atoms with Crippen LogP contribution in [0.3, 0.4) is 0 Å². The maximum absolute atomic E-state index is 13.2. The van der Waals surface area contributed by atoms with E-state index in [1.165, 1.54) is 0 Å². The molecule has 1 rings (SSSR count). The van der Waals surface area contributed by atoms with Crippen molar-refractivity contribution in [3.8, 4) is 0 Å². The number of halogens is 4. The van der Waals surface area contributed by atoms with Crippen LogP contribution in [-0.2, 0) is 9.53 Å². The Bertz CT molecular complexity index is 451. The predicted molar refractivity (Wildman–Crippen MR) is 49.3 cm³/mol. The Kier molecular flexibility index (Phi) is 4.25. The second-order valence-electron chi connectivity index (χ2n) is 3.29. The molecule has 0 radical (unpaired) electrons. The van der Waals surface area contributed by atoms with Gasteiger partial charge in [-0.1, -0.05) is 0 Å². The second kappa shape index (κ2) is 5.32. The van der Waals surface area contributed by atoms with Crippen molar-refractivity contribution in [2.24, 2.45) is 0 Å². The van der Waals surface area contributed by atoms with Crippen LogP contribution >= 0.6 is 0 Å². The minimum absolute atomic E-state index is 0.0641. The van der Waals surface area contributed by atoms with E-state index in [1.54, 1.807) is 0 Å². The summed E-state index contributed by atoms with van der Waals surface area (Å²) in [5.74, 6) is -8.74. The number of ether oxygens (including phenoxy) is 1. The van der Waals surface area contributed by atoms with Crippen LogP contribution in [-0.4, -0.2) is 29.4 Å². The van der Waals surface area contributed by atoms with E-state index in [-0.39, 0.29) is 6.07 Å². The SMILES string of the molecule is COC(=O)C(O)C(O)c1c(F)c(F)cc(F)c1F. The molecule has 2 atom stereocenters. The summed E-state index contributed by atoms with van der Waals surface area (Å²) >= 11 is 0. The molecule has 0 spiro atoms. The van der Waals surface area contributed by atoms with Crippen LogP contribution in [0.25, 0.3) is 0 Å². The summed E-state index contributed by atoms with van der Waals surface area (Å²) in [5, 5.41) is 18.5. The van der Waals surface area contributed by atoms with Crippen LogP contribution in [0.4, 0.5) is 17.6 Å². The number of esters is 1. The summed E-state index contributed by atoms with van der Waals surface area (Å²) < 4.78 is 56.1. The molecule has 4 nitrogen and oxygen atoms in total. The van der Waals surface area contributed by atoms with Crippen molar-refractivity contribution in [2.45, 2.75) is 12.2 Å². The zero-order chi connectivity index (χ0) is 14.0. The van der Waals surface area contributed by atoms with Crippen LogP contribution in [0.15, 0.2) is 6.07 Å². The topological polar surface area (TPSA) is 66.8 Å². The highest BCUT2D eigenvalue weighted by molar-refractivity contribution is 5.75. The molecule has 18 heavy (non-hydrogen) atoms. The average molecular weight is 268 g/mol. The van der Waals surface area contributed by atoms with Gasteiger partial charge in [0.15, 0.2) is 29.4 Å². The van der Waals surface area contributed by atoms with Gasteiger partial charge in [0.2, 0.25) is 0 Å². The molecule has 2 unspecified atom stereocenters. The summed E-state index contributed by atoms with van der Waals surface area (Å²) in [7, 11) is 0.844. The van der Waals surface area contributed by atoms with E-state index in [1.807, 2.05) is 0 Å². The van der Waals surface area contributed by atoms with Crippen molar-refractivity contribution in [3.05, 3.63) is 34.9 Å². The summed E-state index contributed by atoms with van der Waals surface area (Å²) in [6.45, 7) is 0. The number of carbonyl (C=O) groups is 1. The van der Waals surface area contributed by atoms with Gasteiger partial charge in [-0.2, -0.15) is 0 Å². The van der Waals surface area contributed by atoms with Gasteiger partial charge in [-0.15, -0.1) is 0 Å². The molecular weight excluding hydrogens is 260 g/mol. The summed E-state index contributed by atoms with van der Waals surface area (Å²) in [5.41, 5.74) is -1.48. The fourth-order valence-electron chi connectivity index (χ4n) is 1.26. The Labute approximate surface area is 98.4 Å². The predicted octanol–water partition coefficient (Wildman–Crippen LogP) is 0.810. The molecule has 0 aromatic heterocycles. The number of hydrogen-bond donors (Lipinski definition) is 2. The molecule has 8 heteroatoms. The highest BCUT2D eigenvalue weighted by Crippen LogP contribution is 2.27. The molecule has 2 N–H and O–H groups in total. The van der Waals surface area contributed by atoms with E-state index >= 15 is 0 Å². The molecule has 0 aliphatic carbocycles. The lowest BCUT2D eigenvalue weighted by Crippen LogP contribution is -2.30. The Morgan fingerprint density at radius 2 is 1.61 bits per heavy atom. The molecule has 0 aliphatic heterocycles. The highest BCUT2D eigenvalue weighted by atomic mass is 19.2. The number of hydrogen-bond acceptors (Lipinski definition) is 4. The monoisotopic (exact) mass is 268 g/mol. The van der Waals surface area contributed by atoms with Gasteiger partial charge in [-0.3, -0.25) is 0 Å². The lowest BCUT2D eigenvalue weighted by molar-refractivity contribution is -0.157. The first kappa shape index (κ1) is 14.4. The molecule has 0 saturated carbocycles. The van der Waals surface area contributed by atoms with Crippen LogP contribution in [0.1, 0.15) is 11.7 Å². The molecular formula is C10H8F4O4. The summed E-state index contributed by atoms with van der Waals surface area (Å²) in [6, 6.07) is -0.0641. The van der Waals surface area contributed by atoms with E-state index in [4.69, 9.17) is 5.11 Å². The van der Waals surface area contributed by atoms with E-state index in [9.17, 15) is 27.5 Å². The molecule has 0 saturated heterocycles. The van der Waals surface area contributed by atoms with E-state index in [2.05, 4.69) is 4.74 Å². The van der Waals surface area contributed by atoms with Crippen LogP contribution in [0.5, 0.6) is 0 Å². The van der Waals surface area contributed by atoms with Crippen molar-refractivity contribution in [2.75, 3.05) is 7.11 Å². The third-order valence-electron chi connectivity index (χ3n) is 2.18. The van der Waals surface area contributed by atoms with Gasteiger partial charge in [0.1, 0.15) is 6.10 Å². The smallest absolute Gasteiger partial charge is 0.337 e. The van der Waals surface area contributed by atoms with Crippen LogP contribution in [0.2, 0.25) is 0 Å². The van der Waals surface area contributed by atoms with Crippen LogP contribution in [0, 0.1) is 23.3 Å². The number of methoxy groups -OCH3 is 1. The molecule has 0 bridgehead atoms. The molecule has 100 valence electrons. The highest BCUT2D eigenvalue weighted by Gasteiger charge is 2.33. The van der Waals surface area contributed by atoms with Gasteiger partial charge in [-0.05, 0) is 0 Å². The molecule has 0 amide bonds. The van der Waals surface area contributed by atoms with E-state index in [0.717, 1.165) is 7.11 Å². The van der Waals surface area contributed by atoms with Crippen molar-refractivity contribution >= 4 is 5.97 Å². The van der Waals surface area contributed by atoms with Gasteiger partial charge in [0, 0.05) is 6.07 Å². The van der Waals surface area contributed by atoms with E-state index in [0.29, 0.717) is 0 Å². The van der Waals surface area contributed by atoms with Crippen molar-refractivity contribution in [1.29, 1.82) is 0 Å². The van der Waals surface area contributed by atoms with Gasteiger partial charge in [0.05, 0.1) is 12.7 Å². The van der Waals surface area contributed by atoms with Gasteiger partial charge in [-0.25, -0.2) is 22.4 Å². The first-order chi connectivity index (χ1) is 8.31. The number of benzene rings is 1. The first-order valence-electron chi connectivity index (χ1n) is 4.58. The zero-order valence-corrected chi connectivity index (χ0v) is 8.95. The number of carbonyl (C=O) groups excluding carboxylic acids is 1. The third-order valence-corrected chi connectivity index (χ3v) is 2.18. The molecule has 1 aromatic rings.